The molecule has 3 atom stereocenters. The number of nitrogens with two attached hydrogens (primary N) is 1. The molecule has 3 unspecified atom stereocenters. The van der Waals surface area contributed by atoms with Crippen LogP contribution in [0.25, 0.3) is 0 Å². The lowest BCUT2D eigenvalue weighted by Gasteiger charge is -2.08. The number of rotatable bonds is 2. The van der Waals surface area contributed by atoms with Gasteiger partial charge in [0.1, 0.15) is 0 Å². The summed E-state index contributed by atoms with van der Waals surface area (Å²) in [6.07, 6.45) is 0.854. The van der Waals surface area contributed by atoms with Crippen LogP contribution in [0.5, 0.6) is 0 Å². The first-order valence-electron chi connectivity index (χ1n) is 5.29. The predicted octanol–water partition coefficient (Wildman–Crippen LogP) is 0.652. The van der Waals surface area contributed by atoms with E-state index in [9.17, 15) is 8.42 Å². The Morgan fingerprint density at radius 2 is 2.07 bits per heavy atom. The molecular formula is C10H19NO2S. The van der Waals surface area contributed by atoms with Gasteiger partial charge in [-0.3, -0.25) is 0 Å². The molecule has 0 amide bonds. The summed E-state index contributed by atoms with van der Waals surface area (Å²) in [6.45, 7) is 5.12. The van der Waals surface area contributed by atoms with Crippen molar-refractivity contribution in [2.24, 2.45) is 28.9 Å². The average Bonchev–Trinajstić information content (AvgIpc) is 2.41. The Morgan fingerprint density at radius 3 is 2.43 bits per heavy atom. The molecule has 2 N–H and O–H groups in total. The summed E-state index contributed by atoms with van der Waals surface area (Å²) in [4.78, 5) is 0. The molecule has 0 aromatic rings. The van der Waals surface area contributed by atoms with Crippen LogP contribution < -0.4 is 5.73 Å². The number of sulfone groups is 1. The van der Waals surface area contributed by atoms with E-state index in [2.05, 4.69) is 13.8 Å². The molecule has 2 fully saturated rings. The van der Waals surface area contributed by atoms with E-state index in [0.29, 0.717) is 35.8 Å². The van der Waals surface area contributed by atoms with Crippen molar-refractivity contribution in [2.75, 3.05) is 18.1 Å². The van der Waals surface area contributed by atoms with Gasteiger partial charge in [0, 0.05) is 0 Å². The van der Waals surface area contributed by atoms with E-state index >= 15 is 0 Å². The Kier molecular flexibility index (Phi) is 2.20. The third-order valence-corrected chi connectivity index (χ3v) is 5.96. The Morgan fingerprint density at radius 1 is 1.43 bits per heavy atom. The van der Waals surface area contributed by atoms with Crippen LogP contribution in [0.1, 0.15) is 20.3 Å². The summed E-state index contributed by atoms with van der Waals surface area (Å²) in [5.41, 5.74) is 5.96. The maximum Gasteiger partial charge on any atom is 0.150 e. The molecule has 4 heteroatoms. The van der Waals surface area contributed by atoms with Gasteiger partial charge in [0.25, 0.3) is 0 Å². The van der Waals surface area contributed by atoms with Crippen molar-refractivity contribution < 1.29 is 8.42 Å². The van der Waals surface area contributed by atoms with Crippen molar-refractivity contribution in [3.8, 4) is 0 Å². The van der Waals surface area contributed by atoms with Crippen molar-refractivity contribution in [1.29, 1.82) is 0 Å². The lowest BCUT2D eigenvalue weighted by Crippen LogP contribution is -2.11. The van der Waals surface area contributed by atoms with Gasteiger partial charge < -0.3 is 5.73 Å². The molecule has 0 radical (unpaired) electrons. The van der Waals surface area contributed by atoms with E-state index in [1.165, 1.54) is 0 Å². The van der Waals surface area contributed by atoms with Crippen molar-refractivity contribution in [3.63, 3.8) is 0 Å². The highest BCUT2D eigenvalue weighted by Gasteiger charge is 2.60. The van der Waals surface area contributed by atoms with Gasteiger partial charge in [-0.25, -0.2) is 8.42 Å². The third-order valence-electron chi connectivity index (χ3n) is 4.17. The second-order valence-electron chi connectivity index (χ2n) is 5.35. The normalized spacial score (nSPS) is 43.8. The molecule has 0 aromatic heterocycles. The minimum Gasteiger partial charge on any atom is -0.330 e. The summed E-state index contributed by atoms with van der Waals surface area (Å²) in [5, 5.41) is 0. The summed E-state index contributed by atoms with van der Waals surface area (Å²) in [7, 11) is -2.72. The van der Waals surface area contributed by atoms with Crippen molar-refractivity contribution in [1.82, 2.24) is 0 Å². The third kappa shape index (κ3) is 1.48. The van der Waals surface area contributed by atoms with Gasteiger partial charge in [-0.2, -0.15) is 0 Å². The zero-order chi connectivity index (χ0) is 10.6. The fourth-order valence-corrected chi connectivity index (χ4v) is 5.13. The smallest absolute Gasteiger partial charge is 0.150 e. The lowest BCUT2D eigenvalue weighted by atomic mass is 9.97. The SMILES string of the molecule is CC1(C)C(CN)C1C1CCS(=O)(=O)C1. The first-order valence-corrected chi connectivity index (χ1v) is 7.11. The maximum atomic E-state index is 11.3. The van der Waals surface area contributed by atoms with Crippen molar-refractivity contribution >= 4 is 9.84 Å². The van der Waals surface area contributed by atoms with Gasteiger partial charge in [0.15, 0.2) is 9.84 Å². The molecule has 1 aliphatic heterocycles. The highest BCUT2D eigenvalue weighted by molar-refractivity contribution is 7.91. The minimum absolute atomic E-state index is 0.277. The number of hydrogen-bond donors (Lipinski definition) is 1. The van der Waals surface area contributed by atoms with Crippen LogP contribution >= 0.6 is 0 Å². The molecule has 2 aliphatic rings. The monoisotopic (exact) mass is 217 g/mol. The summed E-state index contributed by atoms with van der Waals surface area (Å²) in [5.74, 6) is 2.26. The Hall–Kier alpha value is -0.0900. The Bertz CT molecular complexity index is 334. The Labute approximate surface area is 86.0 Å². The molecule has 0 bridgehead atoms. The topological polar surface area (TPSA) is 60.2 Å². The van der Waals surface area contributed by atoms with E-state index in [-0.39, 0.29) is 5.41 Å². The van der Waals surface area contributed by atoms with Crippen LogP contribution in [0.15, 0.2) is 0 Å². The van der Waals surface area contributed by atoms with Crippen LogP contribution in [0.4, 0.5) is 0 Å². The van der Waals surface area contributed by atoms with Crippen molar-refractivity contribution in [2.45, 2.75) is 20.3 Å². The standard InChI is InChI=1S/C10H19NO2S/c1-10(2)8(5-11)9(10)7-3-4-14(12,13)6-7/h7-9H,3-6,11H2,1-2H3. The van der Waals surface area contributed by atoms with Gasteiger partial charge in [-0.1, -0.05) is 13.8 Å². The molecule has 1 saturated heterocycles. The van der Waals surface area contributed by atoms with Gasteiger partial charge in [0.2, 0.25) is 0 Å². The van der Waals surface area contributed by atoms with Gasteiger partial charge in [-0.15, -0.1) is 0 Å². The Balaban J connectivity index is 2.07. The van der Waals surface area contributed by atoms with E-state index in [0.717, 1.165) is 6.42 Å². The highest BCUT2D eigenvalue weighted by Crippen LogP contribution is 2.62. The molecule has 0 aromatic carbocycles. The van der Waals surface area contributed by atoms with Crippen LogP contribution in [0, 0.1) is 23.2 Å². The summed E-state index contributed by atoms with van der Waals surface area (Å²) < 4.78 is 22.7. The molecule has 14 heavy (non-hydrogen) atoms. The molecule has 1 saturated carbocycles. The minimum atomic E-state index is -2.72. The number of hydrogen-bond acceptors (Lipinski definition) is 3. The molecule has 1 heterocycles. The molecule has 3 nitrogen and oxygen atoms in total. The molecule has 1 aliphatic carbocycles. The summed E-state index contributed by atoms with van der Waals surface area (Å²) >= 11 is 0. The van der Waals surface area contributed by atoms with Gasteiger partial charge in [-0.05, 0) is 36.1 Å². The van der Waals surface area contributed by atoms with E-state index < -0.39 is 9.84 Å². The largest absolute Gasteiger partial charge is 0.330 e. The van der Waals surface area contributed by atoms with Crippen molar-refractivity contribution in [3.05, 3.63) is 0 Å². The van der Waals surface area contributed by atoms with E-state index in [1.807, 2.05) is 0 Å². The van der Waals surface area contributed by atoms with E-state index in [4.69, 9.17) is 5.73 Å². The van der Waals surface area contributed by atoms with Crippen LogP contribution in [0.2, 0.25) is 0 Å². The van der Waals surface area contributed by atoms with Crippen LogP contribution in [0.3, 0.4) is 0 Å². The molecule has 82 valence electrons. The lowest BCUT2D eigenvalue weighted by molar-refractivity contribution is 0.429. The second kappa shape index (κ2) is 2.95. The molecule has 0 spiro atoms. The first-order chi connectivity index (χ1) is 6.38. The molecular weight excluding hydrogens is 198 g/mol. The quantitative estimate of drug-likeness (QED) is 0.739. The predicted molar refractivity (Wildman–Crippen MR) is 56.6 cm³/mol. The summed E-state index contributed by atoms with van der Waals surface area (Å²) in [6, 6.07) is 0. The average molecular weight is 217 g/mol. The maximum absolute atomic E-state index is 11.3. The van der Waals surface area contributed by atoms with Gasteiger partial charge >= 0.3 is 0 Å². The zero-order valence-corrected chi connectivity index (χ0v) is 9.68. The van der Waals surface area contributed by atoms with Crippen LogP contribution in [-0.4, -0.2) is 26.5 Å². The fraction of sp³-hybridized carbons (Fsp3) is 1.00. The van der Waals surface area contributed by atoms with Gasteiger partial charge in [0.05, 0.1) is 11.5 Å². The second-order valence-corrected chi connectivity index (χ2v) is 7.58. The highest BCUT2D eigenvalue weighted by atomic mass is 32.2. The molecule has 2 rings (SSSR count). The zero-order valence-electron chi connectivity index (χ0n) is 8.86. The first kappa shape index (κ1) is 10.4. The fourth-order valence-electron chi connectivity index (χ4n) is 3.28. The van der Waals surface area contributed by atoms with Crippen LogP contribution in [-0.2, 0) is 9.84 Å². The van der Waals surface area contributed by atoms with E-state index in [1.54, 1.807) is 0 Å².